The minimum absolute atomic E-state index is 0. The fourth-order valence-electron chi connectivity index (χ4n) is 0. The molecule has 14 radical (unpaired) electrons. The molecule has 0 saturated heterocycles. The van der Waals surface area contributed by atoms with E-state index in [4.69, 9.17) is 0 Å². The average Bonchev–Trinajstić information content (AvgIpc) is 0. The molecule has 0 heterocycles. The molecule has 0 aliphatic carbocycles. The second-order valence-electron chi connectivity index (χ2n) is 0. The Labute approximate surface area is 220 Å². The van der Waals surface area contributed by atoms with Gasteiger partial charge in [-0.1, -0.05) is 0 Å². The van der Waals surface area contributed by atoms with E-state index in [2.05, 4.69) is 0 Å². The van der Waals surface area contributed by atoms with Crippen LogP contribution in [0.5, 0.6) is 0 Å². The van der Waals surface area contributed by atoms with Crippen LogP contribution in [0, 0.1) is 0 Å². The van der Waals surface area contributed by atoms with Crippen LogP contribution in [0.25, 0.3) is 0 Å². The summed E-state index contributed by atoms with van der Waals surface area (Å²) >= 11 is 0. The Morgan fingerprint density at radius 2 is 0.200 bits per heavy atom. The van der Waals surface area contributed by atoms with E-state index < -0.39 is 0 Å². The van der Waals surface area contributed by atoms with E-state index in [9.17, 15) is 0 Å². The summed E-state index contributed by atoms with van der Waals surface area (Å²) in [6, 6.07) is 0. The van der Waals surface area contributed by atoms with Crippen LogP contribution in [-0.2, 0) is 58.4 Å². The minimum atomic E-state index is 0. The zero-order valence-electron chi connectivity index (χ0n) is 6.01. The third kappa shape index (κ3) is 58.1. The van der Waals surface area contributed by atoms with Crippen LogP contribution >= 0.6 is 0 Å². The predicted molar refractivity (Wildman–Crippen MR) is 59.8 cm³/mol. The summed E-state index contributed by atoms with van der Waals surface area (Å²) in [4.78, 5) is 0. The molecule has 0 spiro atoms. The van der Waals surface area contributed by atoms with Crippen LogP contribution in [0.15, 0.2) is 0 Å². The molecular formula is H14Ru3Sn7. The molecule has 0 aliphatic heterocycles. The van der Waals surface area contributed by atoms with Gasteiger partial charge in [0.1, 0.15) is 0 Å². The molecule has 0 aromatic rings. The van der Waals surface area contributed by atoms with Crippen molar-refractivity contribution in [2.24, 2.45) is 0 Å². The quantitative estimate of drug-likeness (QED) is 0.212. The van der Waals surface area contributed by atoms with Gasteiger partial charge in [-0.15, -0.1) is 0 Å². The van der Waals surface area contributed by atoms with E-state index in [-0.39, 0.29) is 226 Å². The second kappa shape index (κ2) is 70.7. The molecule has 0 unspecified atom stereocenters. The Morgan fingerprint density at radius 3 is 0.200 bits per heavy atom. The summed E-state index contributed by atoms with van der Waals surface area (Å²) in [6.07, 6.45) is 0. The SMILES string of the molecule is [Ru].[Ru].[Ru].[SnH2].[SnH2].[SnH2].[SnH2].[SnH2].[SnH2].[SnH2]. The van der Waals surface area contributed by atoms with Crippen LogP contribution in [0.4, 0.5) is 0 Å². The summed E-state index contributed by atoms with van der Waals surface area (Å²) < 4.78 is 0. The zero-order chi connectivity index (χ0) is 0. The molecule has 0 atom stereocenters. The van der Waals surface area contributed by atoms with Crippen molar-refractivity contribution < 1.29 is 58.4 Å². The Bertz CT molecular complexity index is 8.81. The Kier molecular flexibility index (Phi) is 601. The summed E-state index contributed by atoms with van der Waals surface area (Å²) in [5.74, 6) is 0. The van der Waals surface area contributed by atoms with Gasteiger partial charge in [0.25, 0.3) is 0 Å². The van der Waals surface area contributed by atoms with E-state index in [1.54, 1.807) is 0 Å². The zero-order valence-corrected chi connectivity index (χ0v) is 39.5. The van der Waals surface area contributed by atoms with Gasteiger partial charge in [-0.25, -0.2) is 0 Å². The molecule has 10 heteroatoms. The van der Waals surface area contributed by atoms with Crippen molar-refractivity contribution in [3.8, 4) is 0 Å². The Hall–Kier alpha value is 7.46. The maximum atomic E-state index is 0. The third-order valence-corrected chi connectivity index (χ3v) is 0. The van der Waals surface area contributed by atoms with Crippen LogP contribution in [0.1, 0.15) is 0 Å². The number of hydrogen-bond donors (Lipinski definition) is 0. The van der Waals surface area contributed by atoms with Gasteiger partial charge in [-0.2, -0.15) is 0 Å². The summed E-state index contributed by atoms with van der Waals surface area (Å²) in [5, 5.41) is 0. The molecule has 0 aromatic carbocycles. The van der Waals surface area contributed by atoms with Crippen molar-refractivity contribution in [1.82, 2.24) is 0 Å². The molecule has 0 amide bonds. The first-order chi connectivity index (χ1) is 0. The monoisotopic (exact) mass is 1160 g/mol. The van der Waals surface area contributed by atoms with Gasteiger partial charge in [0, 0.05) is 58.4 Å². The maximum absolute atomic E-state index is 0. The van der Waals surface area contributed by atoms with Gasteiger partial charge >= 0.3 is 167 Å². The van der Waals surface area contributed by atoms with Crippen LogP contribution < -0.4 is 0 Å². The molecule has 0 saturated carbocycles. The van der Waals surface area contributed by atoms with Crippen LogP contribution in [-0.4, -0.2) is 167 Å². The first-order valence-corrected chi connectivity index (χ1v) is 0. The van der Waals surface area contributed by atoms with Gasteiger partial charge in [0.05, 0.1) is 0 Å². The Balaban J connectivity index is 0. The summed E-state index contributed by atoms with van der Waals surface area (Å²) in [5.41, 5.74) is 0. The van der Waals surface area contributed by atoms with E-state index in [0.717, 1.165) is 0 Å². The molecule has 0 N–H and O–H groups in total. The number of hydrogen-bond acceptors (Lipinski definition) is 0. The normalized spacial score (nSPS) is 0. The van der Waals surface area contributed by atoms with Crippen molar-refractivity contribution in [2.45, 2.75) is 0 Å². The second-order valence-corrected chi connectivity index (χ2v) is 0. The summed E-state index contributed by atoms with van der Waals surface area (Å²) in [7, 11) is 0. The summed E-state index contributed by atoms with van der Waals surface area (Å²) in [6.45, 7) is 0. The first-order valence-electron chi connectivity index (χ1n) is 0. The predicted octanol–water partition coefficient (Wildman–Crippen LogP) is -6.42. The van der Waals surface area contributed by atoms with Crippen molar-refractivity contribution in [1.29, 1.82) is 0 Å². The van der Waals surface area contributed by atoms with Gasteiger partial charge in [-0.05, 0) is 0 Å². The van der Waals surface area contributed by atoms with Gasteiger partial charge in [-0.3, -0.25) is 0 Å². The molecule has 0 bridgehead atoms. The molecule has 10 heavy (non-hydrogen) atoms. The van der Waals surface area contributed by atoms with Gasteiger partial charge < -0.3 is 0 Å². The van der Waals surface area contributed by atoms with Crippen molar-refractivity contribution in [3.63, 3.8) is 0 Å². The molecule has 0 rings (SSSR count). The van der Waals surface area contributed by atoms with Gasteiger partial charge in [0.2, 0.25) is 0 Å². The molecule has 0 fully saturated rings. The standard InChI is InChI=1S/3Ru.7Sn.14H. The molecule has 66 valence electrons. The fraction of sp³-hybridized carbons (Fsp3) is 0. The van der Waals surface area contributed by atoms with Gasteiger partial charge in [0.15, 0.2) is 0 Å². The average molecular weight is 1150 g/mol. The van der Waals surface area contributed by atoms with Crippen molar-refractivity contribution in [2.75, 3.05) is 0 Å². The molecular weight excluding hydrogens is 1130 g/mol. The van der Waals surface area contributed by atoms with E-state index in [1.807, 2.05) is 0 Å². The van der Waals surface area contributed by atoms with E-state index in [1.165, 1.54) is 0 Å². The molecule has 0 nitrogen and oxygen atoms in total. The van der Waals surface area contributed by atoms with Crippen molar-refractivity contribution in [3.05, 3.63) is 0 Å². The van der Waals surface area contributed by atoms with Crippen LogP contribution in [0.3, 0.4) is 0 Å². The molecule has 0 aromatic heterocycles. The third-order valence-electron chi connectivity index (χ3n) is 0. The topological polar surface area (TPSA) is 0 Å². The number of rotatable bonds is 0. The van der Waals surface area contributed by atoms with Crippen molar-refractivity contribution >= 4 is 167 Å². The fourth-order valence-corrected chi connectivity index (χ4v) is 0. The first kappa shape index (κ1) is 85.0. The van der Waals surface area contributed by atoms with E-state index >= 15 is 0 Å². The van der Waals surface area contributed by atoms with Crippen LogP contribution in [0.2, 0.25) is 0 Å². The Morgan fingerprint density at radius 1 is 0.200 bits per heavy atom. The molecule has 0 aliphatic rings. The van der Waals surface area contributed by atoms with E-state index in [0.29, 0.717) is 0 Å².